The SMILES string of the molecule is CCc1nn(C)cc1C(O)c1cc2cccc(C)c2o1. The van der Waals surface area contributed by atoms with E-state index in [1.54, 1.807) is 4.68 Å². The molecular weight excluding hydrogens is 252 g/mol. The number of aliphatic hydroxyl groups excluding tert-OH is 1. The van der Waals surface area contributed by atoms with Crippen LogP contribution < -0.4 is 0 Å². The molecule has 0 fully saturated rings. The quantitative estimate of drug-likeness (QED) is 0.795. The number of aliphatic hydroxyl groups is 1. The largest absolute Gasteiger partial charge is 0.458 e. The molecule has 0 saturated heterocycles. The number of aryl methyl sites for hydroxylation is 3. The van der Waals surface area contributed by atoms with Crippen LogP contribution in [0.25, 0.3) is 11.0 Å². The summed E-state index contributed by atoms with van der Waals surface area (Å²) in [5, 5.41) is 15.9. The Morgan fingerprint density at radius 3 is 2.90 bits per heavy atom. The summed E-state index contributed by atoms with van der Waals surface area (Å²) in [7, 11) is 1.86. The van der Waals surface area contributed by atoms with E-state index in [1.807, 2.05) is 51.4 Å². The number of para-hydroxylation sites is 1. The first-order chi connectivity index (χ1) is 9.60. The summed E-state index contributed by atoms with van der Waals surface area (Å²) in [4.78, 5) is 0. The van der Waals surface area contributed by atoms with Crippen molar-refractivity contribution in [2.24, 2.45) is 7.05 Å². The van der Waals surface area contributed by atoms with Crippen LogP contribution >= 0.6 is 0 Å². The summed E-state index contributed by atoms with van der Waals surface area (Å²) in [6, 6.07) is 7.89. The Bertz CT molecular complexity index is 755. The Hall–Kier alpha value is -2.07. The predicted molar refractivity (Wildman–Crippen MR) is 77.6 cm³/mol. The predicted octanol–water partition coefficient (Wildman–Crippen LogP) is 3.12. The van der Waals surface area contributed by atoms with E-state index in [4.69, 9.17) is 4.42 Å². The van der Waals surface area contributed by atoms with Crippen molar-refractivity contribution in [1.82, 2.24) is 9.78 Å². The molecule has 3 aromatic rings. The third kappa shape index (κ3) is 2.02. The number of hydrogen-bond acceptors (Lipinski definition) is 3. The number of nitrogens with zero attached hydrogens (tertiary/aromatic N) is 2. The minimum absolute atomic E-state index is 0.567. The molecule has 1 N–H and O–H groups in total. The standard InChI is InChI=1S/C16H18N2O2/c1-4-13-12(9-18(3)17-13)15(19)14-8-11-7-5-6-10(2)16(11)20-14/h5-9,15,19H,4H2,1-3H3. The van der Waals surface area contributed by atoms with Crippen molar-refractivity contribution in [3.05, 3.63) is 53.0 Å². The number of aromatic nitrogens is 2. The summed E-state index contributed by atoms with van der Waals surface area (Å²) < 4.78 is 7.56. The number of hydrogen-bond donors (Lipinski definition) is 1. The lowest BCUT2D eigenvalue weighted by molar-refractivity contribution is 0.191. The Morgan fingerprint density at radius 1 is 1.40 bits per heavy atom. The molecule has 4 nitrogen and oxygen atoms in total. The molecule has 0 saturated carbocycles. The molecule has 0 aliphatic rings. The molecular formula is C16H18N2O2. The topological polar surface area (TPSA) is 51.2 Å². The fourth-order valence-electron chi connectivity index (χ4n) is 2.57. The second-order valence-electron chi connectivity index (χ2n) is 5.10. The molecule has 0 spiro atoms. The van der Waals surface area contributed by atoms with Crippen LogP contribution in [0.3, 0.4) is 0 Å². The molecule has 4 heteroatoms. The van der Waals surface area contributed by atoms with E-state index in [2.05, 4.69) is 5.10 Å². The van der Waals surface area contributed by atoms with Crippen molar-refractivity contribution < 1.29 is 9.52 Å². The summed E-state index contributed by atoms with van der Waals surface area (Å²) in [5.74, 6) is 0.567. The number of benzene rings is 1. The zero-order valence-corrected chi connectivity index (χ0v) is 11.9. The molecule has 3 rings (SSSR count). The van der Waals surface area contributed by atoms with Crippen molar-refractivity contribution in [2.75, 3.05) is 0 Å². The van der Waals surface area contributed by atoms with Crippen LogP contribution in [0.4, 0.5) is 0 Å². The molecule has 0 bridgehead atoms. The maximum Gasteiger partial charge on any atom is 0.140 e. The van der Waals surface area contributed by atoms with Crippen molar-refractivity contribution in [1.29, 1.82) is 0 Å². The van der Waals surface area contributed by atoms with Crippen LogP contribution in [-0.2, 0) is 13.5 Å². The summed E-state index contributed by atoms with van der Waals surface area (Å²) in [5.41, 5.74) is 3.62. The van der Waals surface area contributed by atoms with Crippen LogP contribution in [0.1, 0.15) is 35.6 Å². The van der Waals surface area contributed by atoms with Gasteiger partial charge >= 0.3 is 0 Å². The molecule has 1 atom stereocenters. The lowest BCUT2D eigenvalue weighted by Gasteiger charge is -2.06. The minimum atomic E-state index is -0.773. The highest BCUT2D eigenvalue weighted by Crippen LogP contribution is 2.31. The molecule has 0 radical (unpaired) electrons. The van der Waals surface area contributed by atoms with Gasteiger partial charge < -0.3 is 9.52 Å². The minimum Gasteiger partial charge on any atom is -0.458 e. The molecule has 104 valence electrons. The van der Waals surface area contributed by atoms with Gasteiger partial charge in [0.25, 0.3) is 0 Å². The highest BCUT2D eigenvalue weighted by molar-refractivity contribution is 5.81. The zero-order chi connectivity index (χ0) is 14.3. The first-order valence-corrected chi connectivity index (χ1v) is 6.79. The Morgan fingerprint density at radius 2 is 2.20 bits per heavy atom. The van der Waals surface area contributed by atoms with Crippen LogP contribution in [0.2, 0.25) is 0 Å². The van der Waals surface area contributed by atoms with E-state index in [0.29, 0.717) is 5.76 Å². The van der Waals surface area contributed by atoms with E-state index in [-0.39, 0.29) is 0 Å². The monoisotopic (exact) mass is 270 g/mol. The third-order valence-electron chi connectivity index (χ3n) is 3.60. The highest BCUT2D eigenvalue weighted by atomic mass is 16.4. The fraction of sp³-hybridized carbons (Fsp3) is 0.312. The fourth-order valence-corrected chi connectivity index (χ4v) is 2.57. The maximum atomic E-state index is 10.6. The maximum absolute atomic E-state index is 10.6. The van der Waals surface area contributed by atoms with Gasteiger partial charge in [-0.3, -0.25) is 4.68 Å². The summed E-state index contributed by atoms with van der Waals surface area (Å²) in [6.45, 7) is 4.03. The average molecular weight is 270 g/mol. The van der Waals surface area contributed by atoms with Gasteiger partial charge in [0.2, 0.25) is 0 Å². The Kier molecular flexibility index (Phi) is 3.10. The van der Waals surface area contributed by atoms with Crippen LogP contribution in [0.15, 0.2) is 34.9 Å². The van der Waals surface area contributed by atoms with Gasteiger partial charge in [0.05, 0.1) is 5.69 Å². The first-order valence-electron chi connectivity index (χ1n) is 6.79. The molecule has 1 aromatic carbocycles. The van der Waals surface area contributed by atoms with E-state index >= 15 is 0 Å². The second-order valence-corrected chi connectivity index (χ2v) is 5.10. The van der Waals surface area contributed by atoms with Crippen LogP contribution in [0.5, 0.6) is 0 Å². The molecule has 2 aromatic heterocycles. The van der Waals surface area contributed by atoms with Gasteiger partial charge in [-0.2, -0.15) is 5.10 Å². The van der Waals surface area contributed by atoms with Gasteiger partial charge in [-0.15, -0.1) is 0 Å². The molecule has 0 aliphatic carbocycles. The van der Waals surface area contributed by atoms with E-state index in [9.17, 15) is 5.11 Å². The van der Waals surface area contributed by atoms with Crippen LogP contribution in [0, 0.1) is 6.92 Å². The Balaban J connectivity index is 2.07. The molecule has 20 heavy (non-hydrogen) atoms. The number of fused-ring (bicyclic) bond motifs is 1. The van der Waals surface area contributed by atoms with Crippen molar-refractivity contribution in [2.45, 2.75) is 26.4 Å². The van der Waals surface area contributed by atoms with Gasteiger partial charge in [-0.05, 0) is 25.0 Å². The number of rotatable bonds is 3. The van der Waals surface area contributed by atoms with Gasteiger partial charge in [0, 0.05) is 24.2 Å². The second kappa shape index (κ2) is 4.80. The molecule has 0 aliphatic heterocycles. The van der Waals surface area contributed by atoms with Gasteiger partial charge in [0.15, 0.2) is 0 Å². The summed E-state index contributed by atoms with van der Waals surface area (Å²) in [6.07, 6.45) is 1.86. The molecule has 1 unspecified atom stereocenters. The van der Waals surface area contributed by atoms with Gasteiger partial charge in [0.1, 0.15) is 17.4 Å². The lowest BCUT2D eigenvalue weighted by atomic mass is 10.1. The van der Waals surface area contributed by atoms with Crippen molar-refractivity contribution in [3.63, 3.8) is 0 Å². The van der Waals surface area contributed by atoms with E-state index in [1.165, 1.54) is 0 Å². The summed E-state index contributed by atoms with van der Waals surface area (Å²) >= 11 is 0. The van der Waals surface area contributed by atoms with Crippen molar-refractivity contribution >= 4 is 11.0 Å². The smallest absolute Gasteiger partial charge is 0.140 e. The average Bonchev–Trinajstić information content (AvgIpc) is 3.02. The number of furan rings is 1. The van der Waals surface area contributed by atoms with Gasteiger partial charge in [-0.25, -0.2) is 0 Å². The van der Waals surface area contributed by atoms with E-state index < -0.39 is 6.10 Å². The lowest BCUT2D eigenvalue weighted by Crippen LogP contribution is -2.00. The normalized spacial score (nSPS) is 13.0. The van der Waals surface area contributed by atoms with Gasteiger partial charge in [-0.1, -0.05) is 25.1 Å². The van der Waals surface area contributed by atoms with Crippen LogP contribution in [-0.4, -0.2) is 14.9 Å². The third-order valence-corrected chi connectivity index (χ3v) is 3.60. The first kappa shape index (κ1) is 12.9. The zero-order valence-electron chi connectivity index (χ0n) is 11.9. The molecule has 0 amide bonds. The highest BCUT2D eigenvalue weighted by Gasteiger charge is 2.21. The van der Waals surface area contributed by atoms with E-state index in [0.717, 1.165) is 34.2 Å². The molecule has 2 heterocycles. The Labute approximate surface area is 117 Å². The van der Waals surface area contributed by atoms with Crippen molar-refractivity contribution in [3.8, 4) is 0 Å².